The fourth-order valence-corrected chi connectivity index (χ4v) is 4.52. The maximum atomic E-state index is 5.61. The average molecular weight is 301 g/mol. The third kappa shape index (κ3) is 4.90. The minimum Gasteiger partial charge on any atom is -0.381 e. The van der Waals surface area contributed by atoms with Crippen molar-refractivity contribution in [2.45, 2.75) is 51.3 Å². The fraction of sp³-hybridized carbons (Fsp3) is 1.00. The summed E-state index contributed by atoms with van der Waals surface area (Å²) in [5, 5.41) is 3.68. The van der Waals surface area contributed by atoms with E-state index in [-0.39, 0.29) is 0 Å². The Kier molecular flexibility index (Phi) is 5.80. The standard InChI is InChI=1S/C16H32N2OS/c1-14(2)17-11-16(5-8-19-9-6-16)13-18-7-10-20-15(3,4)12-18/h14,17H,5-13H2,1-4H3. The first-order valence-electron chi connectivity index (χ1n) is 8.08. The summed E-state index contributed by atoms with van der Waals surface area (Å²) in [6.45, 7) is 16.0. The van der Waals surface area contributed by atoms with Gasteiger partial charge in [-0.05, 0) is 32.1 Å². The molecule has 0 aromatic rings. The number of nitrogens with one attached hydrogen (secondary N) is 1. The minimum atomic E-state index is 0.413. The second-order valence-electron chi connectivity index (χ2n) is 7.47. The predicted octanol–water partition coefficient (Wildman–Crippen LogP) is 2.61. The molecule has 3 nitrogen and oxygen atoms in total. The Bertz CT molecular complexity index is 301. The van der Waals surface area contributed by atoms with Gasteiger partial charge >= 0.3 is 0 Å². The Morgan fingerprint density at radius 1 is 1.25 bits per heavy atom. The van der Waals surface area contributed by atoms with E-state index in [0.717, 1.165) is 19.8 Å². The van der Waals surface area contributed by atoms with Crippen molar-refractivity contribution in [3.63, 3.8) is 0 Å². The highest BCUT2D eigenvalue weighted by molar-refractivity contribution is 8.00. The number of thioether (sulfide) groups is 1. The molecule has 2 rings (SSSR count). The molecule has 0 aromatic heterocycles. The van der Waals surface area contributed by atoms with Crippen LogP contribution in [-0.2, 0) is 4.74 Å². The van der Waals surface area contributed by atoms with E-state index in [1.807, 2.05) is 0 Å². The molecule has 2 heterocycles. The van der Waals surface area contributed by atoms with Gasteiger partial charge in [0.1, 0.15) is 0 Å². The Morgan fingerprint density at radius 3 is 2.55 bits per heavy atom. The first-order valence-corrected chi connectivity index (χ1v) is 9.07. The molecular weight excluding hydrogens is 268 g/mol. The van der Waals surface area contributed by atoms with Gasteiger partial charge in [0.15, 0.2) is 0 Å². The summed E-state index contributed by atoms with van der Waals surface area (Å²) >= 11 is 2.12. The van der Waals surface area contributed by atoms with Crippen molar-refractivity contribution in [3.8, 4) is 0 Å². The molecule has 0 atom stereocenters. The van der Waals surface area contributed by atoms with Crippen molar-refractivity contribution < 1.29 is 4.74 Å². The topological polar surface area (TPSA) is 24.5 Å². The minimum absolute atomic E-state index is 0.413. The van der Waals surface area contributed by atoms with E-state index in [2.05, 4.69) is 49.7 Å². The van der Waals surface area contributed by atoms with Gasteiger partial charge in [0.25, 0.3) is 0 Å². The van der Waals surface area contributed by atoms with Gasteiger partial charge in [-0.1, -0.05) is 13.8 Å². The van der Waals surface area contributed by atoms with Gasteiger partial charge in [-0.2, -0.15) is 11.8 Å². The number of nitrogens with zero attached hydrogens (tertiary/aromatic N) is 1. The summed E-state index contributed by atoms with van der Waals surface area (Å²) in [6.07, 6.45) is 2.41. The van der Waals surface area contributed by atoms with Gasteiger partial charge in [0.05, 0.1) is 0 Å². The molecule has 2 aliphatic heterocycles. The zero-order valence-electron chi connectivity index (χ0n) is 13.7. The molecule has 0 amide bonds. The van der Waals surface area contributed by atoms with Gasteiger partial charge in [-0.3, -0.25) is 0 Å². The number of ether oxygens (including phenoxy) is 1. The van der Waals surface area contributed by atoms with Gasteiger partial charge < -0.3 is 15.0 Å². The smallest absolute Gasteiger partial charge is 0.0472 e. The molecule has 0 radical (unpaired) electrons. The first kappa shape index (κ1) is 16.6. The maximum Gasteiger partial charge on any atom is 0.0472 e. The summed E-state index contributed by atoms with van der Waals surface area (Å²) < 4.78 is 6.02. The van der Waals surface area contributed by atoms with Crippen LogP contribution in [-0.4, -0.2) is 60.8 Å². The molecule has 0 unspecified atom stereocenters. The lowest BCUT2D eigenvalue weighted by Gasteiger charge is -2.45. The van der Waals surface area contributed by atoms with Crippen LogP contribution in [0.3, 0.4) is 0 Å². The Morgan fingerprint density at radius 2 is 1.95 bits per heavy atom. The molecule has 20 heavy (non-hydrogen) atoms. The summed E-state index contributed by atoms with van der Waals surface area (Å²) in [5.41, 5.74) is 0.417. The van der Waals surface area contributed by atoms with Gasteiger partial charge in [0.2, 0.25) is 0 Å². The van der Waals surface area contributed by atoms with Gasteiger partial charge in [0, 0.05) is 55.9 Å². The third-order valence-electron chi connectivity index (χ3n) is 4.50. The predicted molar refractivity (Wildman–Crippen MR) is 88.6 cm³/mol. The molecule has 1 N–H and O–H groups in total. The van der Waals surface area contributed by atoms with Gasteiger partial charge in [-0.25, -0.2) is 0 Å². The van der Waals surface area contributed by atoms with Crippen LogP contribution in [0.15, 0.2) is 0 Å². The number of hydrogen-bond acceptors (Lipinski definition) is 4. The van der Waals surface area contributed by atoms with E-state index >= 15 is 0 Å². The molecule has 2 aliphatic rings. The van der Waals surface area contributed by atoms with Crippen molar-refractivity contribution in [3.05, 3.63) is 0 Å². The number of hydrogen-bond donors (Lipinski definition) is 1. The highest BCUT2D eigenvalue weighted by Crippen LogP contribution is 2.35. The molecule has 2 saturated heterocycles. The van der Waals surface area contributed by atoms with E-state index in [9.17, 15) is 0 Å². The van der Waals surface area contributed by atoms with Crippen LogP contribution in [0.25, 0.3) is 0 Å². The van der Waals surface area contributed by atoms with Gasteiger partial charge in [-0.15, -0.1) is 0 Å². The van der Waals surface area contributed by atoms with E-state index < -0.39 is 0 Å². The van der Waals surface area contributed by atoms with Crippen LogP contribution in [0, 0.1) is 5.41 Å². The summed E-state index contributed by atoms with van der Waals surface area (Å²) in [4.78, 5) is 2.70. The first-order chi connectivity index (χ1) is 9.41. The Balaban J connectivity index is 1.96. The van der Waals surface area contributed by atoms with Crippen molar-refractivity contribution in [2.75, 3.05) is 45.1 Å². The SMILES string of the molecule is CC(C)NCC1(CN2CCSC(C)(C)C2)CCOCC1. The molecule has 118 valence electrons. The Labute approximate surface area is 129 Å². The second kappa shape index (κ2) is 6.99. The van der Waals surface area contributed by atoms with Crippen LogP contribution < -0.4 is 5.32 Å². The average Bonchev–Trinajstić information content (AvgIpc) is 2.36. The van der Waals surface area contributed by atoms with Crippen LogP contribution in [0.2, 0.25) is 0 Å². The molecule has 0 aromatic carbocycles. The van der Waals surface area contributed by atoms with Crippen molar-refractivity contribution in [1.82, 2.24) is 10.2 Å². The molecule has 0 bridgehead atoms. The van der Waals surface area contributed by atoms with E-state index in [1.54, 1.807) is 0 Å². The lowest BCUT2D eigenvalue weighted by molar-refractivity contribution is -0.00581. The molecule has 0 aliphatic carbocycles. The monoisotopic (exact) mass is 300 g/mol. The van der Waals surface area contributed by atoms with Crippen LogP contribution in [0.5, 0.6) is 0 Å². The molecule has 0 saturated carbocycles. The highest BCUT2D eigenvalue weighted by Gasteiger charge is 2.37. The second-order valence-corrected chi connectivity index (χ2v) is 9.27. The Hall–Kier alpha value is 0.230. The normalized spacial score (nSPS) is 26.9. The molecule has 4 heteroatoms. The molecule has 2 fully saturated rings. The number of rotatable bonds is 5. The molecular formula is C16H32N2OS. The van der Waals surface area contributed by atoms with Crippen molar-refractivity contribution in [1.29, 1.82) is 0 Å². The van der Waals surface area contributed by atoms with Crippen LogP contribution in [0.4, 0.5) is 0 Å². The lowest BCUT2D eigenvalue weighted by Crippen LogP contribution is -2.52. The van der Waals surface area contributed by atoms with E-state index in [1.165, 1.54) is 38.2 Å². The van der Waals surface area contributed by atoms with Crippen molar-refractivity contribution >= 4 is 11.8 Å². The zero-order chi connectivity index (χ0) is 14.6. The lowest BCUT2D eigenvalue weighted by atomic mass is 9.79. The quantitative estimate of drug-likeness (QED) is 0.843. The van der Waals surface area contributed by atoms with Crippen molar-refractivity contribution in [2.24, 2.45) is 5.41 Å². The summed E-state index contributed by atoms with van der Waals surface area (Å²) in [6, 6.07) is 0.572. The fourth-order valence-electron chi connectivity index (χ4n) is 3.34. The zero-order valence-corrected chi connectivity index (χ0v) is 14.5. The highest BCUT2D eigenvalue weighted by atomic mass is 32.2. The van der Waals surface area contributed by atoms with E-state index in [0.29, 0.717) is 16.2 Å². The summed E-state index contributed by atoms with van der Waals surface area (Å²) in [7, 11) is 0. The van der Waals surface area contributed by atoms with Crippen LogP contribution in [0.1, 0.15) is 40.5 Å². The molecule has 0 spiro atoms. The van der Waals surface area contributed by atoms with E-state index in [4.69, 9.17) is 4.74 Å². The largest absolute Gasteiger partial charge is 0.381 e. The maximum absolute atomic E-state index is 5.61. The summed E-state index contributed by atoms with van der Waals surface area (Å²) in [5.74, 6) is 1.27. The third-order valence-corrected chi connectivity index (χ3v) is 5.80. The van der Waals surface area contributed by atoms with Crippen LogP contribution >= 0.6 is 11.8 Å².